The van der Waals surface area contributed by atoms with E-state index in [0.29, 0.717) is 38.5 Å². The molecule has 2 rings (SSSR count). The van der Waals surface area contributed by atoms with Crippen molar-refractivity contribution in [1.82, 2.24) is 15.1 Å². The Bertz CT molecular complexity index is 387. The monoisotopic (exact) mass is 294 g/mol. The lowest BCUT2D eigenvalue weighted by Gasteiger charge is -2.34. The fourth-order valence-electron chi connectivity index (χ4n) is 2.62. The molecule has 118 valence electrons. The fraction of sp³-hybridized carbons (Fsp3) is 0.733. The minimum atomic E-state index is 0.00503. The second-order valence-electron chi connectivity index (χ2n) is 5.96. The molecule has 0 radical (unpaired) electrons. The highest BCUT2D eigenvalue weighted by molar-refractivity contribution is 5.78. The van der Waals surface area contributed by atoms with Crippen LogP contribution < -0.4 is 11.1 Å². The van der Waals surface area contributed by atoms with Crippen LogP contribution in [0.4, 0.5) is 0 Å². The Kier molecular flexibility index (Phi) is 5.76. The molecule has 1 unspecified atom stereocenters. The zero-order valence-electron chi connectivity index (χ0n) is 12.6. The maximum absolute atomic E-state index is 12.1. The zero-order valence-corrected chi connectivity index (χ0v) is 12.6. The van der Waals surface area contributed by atoms with Crippen LogP contribution in [0.3, 0.4) is 0 Å². The lowest BCUT2D eigenvalue weighted by molar-refractivity contribution is -0.133. The summed E-state index contributed by atoms with van der Waals surface area (Å²) in [6.07, 6.45) is 4.46. The molecule has 2 aliphatic rings. The first-order valence-electron chi connectivity index (χ1n) is 7.73. The van der Waals surface area contributed by atoms with Crippen LogP contribution in [-0.4, -0.2) is 66.9 Å². The Morgan fingerprint density at radius 2 is 1.95 bits per heavy atom. The van der Waals surface area contributed by atoms with Crippen molar-refractivity contribution in [2.75, 3.05) is 39.3 Å². The van der Waals surface area contributed by atoms with E-state index in [0.717, 1.165) is 13.1 Å². The highest BCUT2D eigenvalue weighted by atomic mass is 16.2. The number of carbonyl (C=O) groups is 2. The quantitative estimate of drug-likeness (QED) is 0.624. The van der Waals surface area contributed by atoms with E-state index in [-0.39, 0.29) is 17.9 Å². The molecule has 0 aromatic heterocycles. The molecule has 6 heteroatoms. The average Bonchev–Trinajstić information content (AvgIpc) is 3.30. The van der Waals surface area contributed by atoms with Crippen molar-refractivity contribution in [1.29, 1.82) is 0 Å². The van der Waals surface area contributed by atoms with E-state index in [2.05, 4.69) is 16.8 Å². The summed E-state index contributed by atoms with van der Waals surface area (Å²) in [4.78, 5) is 27.7. The van der Waals surface area contributed by atoms with Gasteiger partial charge in [-0.3, -0.25) is 14.5 Å². The average molecular weight is 294 g/mol. The van der Waals surface area contributed by atoms with Gasteiger partial charge < -0.3 is 16.0 Å². The van der Waals surface area contributed by atoms with Gasteiger partial charge in [-0.2, -0.15) is 0 Å². The first-order valence-corrected chi connectivity index (χ1v) is 7.73. The van der Waals surface area contributed by atoms with Crippen LogP contribution in [-0.2, 0) is 9.59 Å². The topological polar surface area (TPSA) is 78.7 Å². The largest absolute Gasteiger partial charge is 0.352 e. The van der Waals surface area contributed by atoms with Crippen LogP contribution in [0.25, 0.3) is 0 Å². The van der Waals surface area contributed by atoms with Gasteiger partial charge in [-0.25, -0.2) is 0 Å². The van der Waals surface area contributed by atoms with Gasteiger partial charge in [0.05, 0.1) is 6.54 Å². The summed E-state index contributed by atoms with van der Waals surface area (Å²) in [5.74, 6) is 0.722. The van der Waals surface area contributed by atoms with Crippen molar-refractivity contribution in [2.24, 2.45) is 11.7 Å². The van der Waals surface area contributed by atoms with E-state index in [4.69, 9.17) is 5.73 Å². The second kappa shape index (κ2) is 7.56. The van der Waals surface area contributed by atoms with Gasteiger partial charge in [0.15, 0.2) is 0 Å². The van der Waals surface area contributed by atoms with E-state index in [1.807, 2.05) is 4.90 Å². The van der Waals surface area contributed by atoms with Crippen LogP contribution in [0.1, 0.15) is 19.3 Å². The van der Waals surface area contributed by atoms with Crippen molar-refractivity contribution in [3.05, 3.63) is 12.7 Å². The van der Waals surface area contributed by atoms with Gasteiger partial charge in [-0.15, -0.1) is 6.58 Å². The standard InChI is InChI=1S/C15H26N4O2/c1-2-5-17-14(20)11-18-6-8-19(9-7-18)15(21)10-13(16)12-3-4-12/h2,12-13H,1,3-11,16H2,(H,17,20). The number of rotatable bonds is 7. The molecule has 1 heterocycles. The molecule has 2 fully saturated rings. The first-order chi connectivity index (χ1) is 10.1. The minimum absolute atomic E-state index is 0.00503. The summed E-state index contributed by atoms with van der Waals surface area (Å²) < 4.78 is 0. The molecule has 1 aliphatic carbocycles. The van der Waals surface area contributed by atoms with Gasteiger partial charge in [-0.05, 0) is 18.8 Å². The van der Waals surface area contributed by atoms with Crippen LogP contribution in [0, 0.1) is 5.92 Å². The van der Waals surface area contributed by atoms with E-state index < -0.39 is 0 Å². The number of piperazine rings is 1. The van der Waals surface area contributed by atoms with Crippen LogP contribution in [0.15, 0.2) is 12.7 Å². The number of carbonyl (C=O) groups excluding carboxylic acids is 2. The first kappa shape index (κ1) is 16.0. The molecule has 21 heavy (non-hydrogen) atoms. The van der Waals surface area contributed by atoms with Crippen molar-refractivity contribution >= 4 is 11.8 Å². The predicted molar refractivity (Wildman–Crippen MR) is 81.5 cm³/mol. The molecule has 1 saturated carbocycles. The third-order valence-electron chi connectivity index (χ3n) is 4.17. The molecule has 0 aromatic carbocycles. The zero-order chi connectivity index (χ0) is 15.2. The molecule has 2 amide bonds. The van der Waals surface area contributed by atoms with Crippen molar-refractivity contribution < 1.29 is 9.59 Å². The maximum Gasteiger partial charge on any atom is 0.234 e. The summed E-state index contributed by atoms with van der Waals surface area (Å²) in [5.41, 5.74) is 6.01. The molecular weight excluding hydrogens is 268 g/mol. The highest BCUT2D eigenvalue weighted by Gasteiger charge is 2.31. The molecule has 1 aliphatic heterocycles. The molecule has 0 bridgehead atoms. The maximum atomic E-state index is 12.1. The summed E-state index contributed by atoms with van der Waals surface area (Å²) in [6.45, 7) is 7.30. The Morgan fingerprint density at radius 1 is 1.29 bits per heavy atom. The van der Waals surface area contributed by atoms with E-state index >= 15 is 0 Å². The lowest BCUT2D eigenvalue weighted by Crippen LogP contribution is -2.51. The van der Waals surface area contributed by atoms with Crippen molar-refractivity contribution in [3.63, 3.8) is 0 Å². The Hall–Kier alpha value is -1.40. The van der Waals surface area contributed by atoms with E-state index in [1.165, 1.54) is 12.8 Å². The summed E-state index contributed by atoms with van der Waals surface area (Å²) in [5, 5.41) is 2.76. The Balaban J connectivity index is 1.66. The Labute approximate surface area is 126 Å². The highest BCUT2D eigenvalue weighted by Crippen LogP contribution is 2.33. The lowest BCUT2D eigenvalue weighted by atomic mass is 10.1. The molecule has 0 aromatic rings. The van der Waals surface area contributed by atoms with Crippen molar-refractivity contribution in [3.8, 4) is 0 Å². The van der Waals surface area contributed by atoms with Crippen LogP contribution in [0.2, 0.25) is 0 Å². The van der Waals surface area contributed by atoms with Crippen LogP contribution >= 0.6 is 0 Å². The smallest absolute Gasteiger partial charge is 0.234 e. The fourth-order valence-corrected chi connectivity index (χ4v) is 2.62. The third-order valence-corrected chi connectivity index (χ3v) is 4.17. The van der Waals surface area contributed by atoms with Gasteiger partial charge in [0.25, 0.3) is 0 Å². The second-order valence-corrected chi connectivity index (χ2v) is 5.96. The summed E-state index contributed by atoms with van der Waals surface area (Å²) >= 11 is 0. The van der Waals surface area contributed by atoms with E-state index in [9.17, 15) is 9.59 Å². The molecule has 1 saturated heterocycles. The van der Waals surface area contributed by atoms with Gasteiger partial charge in [0.1, 0.15) is 0 Å². The number of nitrogens with zero attached hydrogens (tertiary/aromatic N) is 2. The van der Waals surface area contributed by atoms with Gasteiger partial charge in [0.2, 0.25) is 11.8 Å². The number of hydrogen-bond acceptors (Lipinski definition) is 4. The molecule has 6 nitrogen and oxygen atoms in total. The minimum Gasteiger partial charge on any atom is -0.352 e. The van der Waals surface area contributed by atoms with Crippen molar-refractivity contribution in [2.45, 2.75) is 25.3 Å². The van der Waals surface area contributed by atoms with Gasteiger partial charge >= 0.3 is 0 Å². The normalized spacial score (nSPS) is 20.9. The SMILES string of the molecule is C=CCNC(=O)CN1CCN(C(=O)CC(N)C2CC2)CC1. The third kappa shape index (κ3) is 5.13. The summed E-state index contributed by atoms with van der Waals surface area (Å²) in [6, 6.07) is 0.0280. The van der Waals surface area contributed by atoms with E-state index in [1.54, 1.807) is 6.08 Å². The molecule has 0 spiro atoms. The van der Waals surface area contributed by atoms with Crippen LogP contribution in [0.5, 0.6) is 0 Å². The molecule has 3 N–H and O–H groups in total. The predicted octanol–water partition coefficient (Wildman–Crippen LogP) is -0.440. The molecular formula is C15H26N4O2. The van der Waals surface area contributed by atoms with Gasteiger partial charge in [0, 0.05) is 45.2 Å². The Morgan fingerprint density at radius 3 is 2.52 bits per heavy atom. The number of amides is 2. The molecule has 1 atom stereocenters. The number of nitrogens with one attached hydrogen (secondary N) is 1. The van der Waals surface area contributed by atoms with Gasteiger partial charge in [-0.1, -0.05) is 6.08 Å². The number of nitrogens with two attached hydrogens (primary N) is 1. The summed E-state index contributed by atoms with van der Waals surface area (Å²) in [7, 11) is 0. The number of hydrogen-bond donors (Lipinski definition) is 2.